The van der Waals surface area contributed by atoms with E-state index < -0.39 is 0 Å². The van der Waals surface area contributed by atoms with E-state index in [2.05, 4.69) is 4.74 Å². The fourth-order valence-electron chi connectivity index (χ4n) is 1.32. The predicted molar refractivity (Wildman–Crippen MR) is 60.2 cm³/mol. The van der Waals surface area contributed by atoms with Crippen molar-refractivity contribution in [2.24, 2.45) is 0 Å². The first kappa shape index (κ1) is 11.4. The van der Waals surface area contributed by atoms with Crippen molar-refractivity contribution in [1.82, 2.24) is 0 Å². The Labute approximate surface area is 89.2 Å². The van der Waals surface area contributed by atoms with Gasteiger partial charge in [-0.3, -0.25) is 4.79 Å². The molecule has 0 bridgehead atoms. The maximum atomic E-state index is 10.9. The molecular formula is C11H16N2O2. The fraction of sp³-hybridized carbons (Fsp3) is 0.364. The highest BCUT2D eigenvalue weighted by atomic mass is 16.5. The summed E-state index contributed by atoms with van der Waals surface area (Å²) in [7, 11) is 1.39. The molecule has 0 heterocycles. The van der Waals surface area contributed by atoms with E-state index in [1.807, 2.05) is 12.1 Å². The summed E-state index contributed by atoms with van der Waals surface area (Å²) in [5.74, 6) is -0.182. The molecular weight excluding hydrogens is 192 g/mol. The second kappa shape index (κ2) is 5.24. The summed E-state index contributed by atoms with van der Waals surface area (Å²) in [6.07, 6.45) is 2.00. The van der Waals surface area contributed by atoms with Gasteiger partial charge in [0.15, 0.2) is 0 Å². The Hall–Kier alpha value is -1.71. The van der Waals surface area contributed by atoms with E-state index in [4.69, 9.17) is 11.5 Å². The summed E-state index contributed by atoms with van der Waals surface area (Å²) in [6, 6.07) is 5.54. The molecule has 4 N–H and O–H groups in total. The quantitative estimate of drug-likeness (QED) is 0.578. The van der Waals surface area contributed by atoms with E-state index in [0.29, 0.717) is 17.8 Å². The van der Waals surface area contributed by atoms with Crippen molar-refractivity contribution in [2.45, 2.75) is 19.3 Å². The third kappa shape index (κ3) is 3.50. The van der Waals surface area contributed by atoms with E-state index in [1.54, 1.807) is 6.07 Å². The number of hydrogen-bond acceptors (Lipinski definition) is 4. The van der Waals surface area contributed by atoms with Crippen molar-refractivity contribution in [1.29, 1.82) is 0 Å². The highest BCUT2D eigenvalue weighted by Gasteiger charge is 2.01. The van der Waals surface area contributed by atoms with Gasteiger partial charge in [0.25, 0.3) is 0 Å². The first-order chi connectivity index (χ1) is 7.13. The van der Waals surface area contributed by atoms with Crippen LogP contribution in [0, 0.1) is 0 Å². The number of ether oxygens (including phenoxy) is 1. The number of rotatable bonds is 4. The van der Waals surface area contributed by atoms with Gasteiger partial charge in [-0.05, 0) is 30.5 Å². The number of methoxy groups -OCH3 is 1. The summed E-state index contributed by atoms with van der Waals surface area (Å²) in [6.45, 7) is 0. The molecule has 0 aliphatic carbocycles. The van der Waals surface area contributed by atoms with Crippen LogP contribution in [0.5, 0.6) is 0 Å². The number of aryl methyl sites for hydroxylation is 1. The van der Waals surface area contributed by atoms with Gasteiger partial charge in [-0.1, -0.05) is 6.07 Å². The van der Waals surface area contributed by atoms with Gasteiger partial charge < -0.3 is 16.2 Å². The number of carbonyl (C=O) groups excluding carboxylic acids is 1. The lowest BCUT2D eigenvalue weighted by atomic mass is 10.1. The number of anilines is 2. The Morgan fingerprint density at radius 2 is 2.07 bits per heavy atom. The normalized spacial score (nSPS) is 9.93. The van der Waals surface area contributed by atoms with Crippen molar-refractivity contribution in [3.63, 3.8) is 0 Å². The predicted octanol–water partition coefficient (Wildman–Crippen LogP) is 1.35. The molecule has 1 rings (SSSR count). The molecule has 1 aromatic rings. The number of hydrogen-bond donors (Lipinski definition) is 2. The fourth-order valence-corrected chi connectivity index (χ4v) is 1.32. The van der Waals surface area contributed by atoms with E-state index in [-0.39, 0.29) is 5.97 Å². The molecule has 0 aliphatic rings. The number of carbonyl (C=O) groups is 1. The molecule has 82 valence electrons. The minimum Gasteiger partial charge on any atom is -0.469 e. The van der Waals surface area contributed by atoms with Crippen molar-refractivity contribution in [3.05, 3.63) is 23.8 Å². The monoisotopic (exact) mass is 208 g/mol. The molecule has 1 aromatic carbocycles. The van der Waals surface area contributed by atoms with Crippen LogP contribution in [0.4, 0.5) is 11.4 Å². The molecule has 0 radical (unpaired) electrons. The lowest BCUT2D eigenvalue weighted by Gasteiger charge is -2.04. The topological polar surface area (TPSA) is 78.3 Å². The lowest BCUT2D eigenvalue weighted by molar-refractivity contribution is -0.140. The maximum Gasteiger partial charge on any atom is 0.305 e. The zero-order chi connectivity index (χ0) is 11.3. The Balaban J connectivity index is 2.44. The van der Waals surface area contributed by atoms with Gasteiger partial charge in [0.05, 0.1) is 18.5 Å². The zero-order valence-corrected chi connectivity index (χ0v) is 8.82. The third-order valence-corrected chi connectivity index (χ3v) is 2.23. The average molecular weight is 208 g/mol. The summed E-state index contributed by atoms with van der Waals surface area (Å²) in [5.41, 5.74) is 13.5. The molecule has 0 amide bonds. The van der Waals surface area contributed by atoms with Gasteiger partial charge in [0.2, 0.25) is 0 Å². The van der Waals surface area contributed by atoms with Crippen molar-refractivity contribution in [3.8, 4) is 0 Å². The Kier molecular flexibility index (Phi) is 3.97. The van der Waals surface area contributed by atoms with Crippen LogP contribution in [0.1, 0.15) is 18.4 Å². The molecule has 0 saturated carbocycles. The number of benzene rings is 1. The third-order valence-electron chi connectivity index (χ3n) is 2.23. The van der Waals surface area contributed by atoms with Crippen LogP contribution < -0.4 is 11.5 Å². The first-order valence-electron chi connectivity index (χ1n) is 4.84. The van der Waals surface area contributed by atoms with Gasteiger partial charge in [0.1, 0.15) is 0 Å². The zero-order valence-electron chi connectivity index (χ0n) is 8.82. The second-order valence-electron chi connectivity index (χ2n) is 3.39. The van der Waals surface area contributed by atoms with Gasteiger partial charge in [0, 0.05) is 6.42 Å². The molecule has 0 atom stereocenters. The Morgan fingerprint density at radius 1 is 1.33 bits per heavy atom. The lowest BCUT2D eigenvalue weighted by Crippen LogP contribution is -2.01. The van der Waals surface area contributed by atoms with Gasteiger partial charge in [-0.15, -0.1) is 0 Å². The SMILES string of the molecule is COC(=O)CCCc1ccc(N)c(N)c1. The van der Waals surface area contributed by atoms with Crippen LogP contribution in [0.25, 0.3) is 0 Å². The molecule has 15 heavy (non-hydrogen) atoms. The number of esters is 1. The summed E-state index contributed by atoms with van der Waals surface area (Å²) in [4.78, 5) is 10.9. The van der Waals surface area contributed by atoms with Crippen LogP contribution in [-0.4, -0.2) is 13.1 Å². The molecule has 4 nitrogen and oxygen atoms in total. The molecule has 0 spiro atoms. The molecule has 0 aliphatic heterocycles. The maximum absolute atomic E-state index is 10.9. The van der Waals surface area contributed by atoms with Crippen molar-refractivity contribution in [2.75, 3.05) is 18.6 Å². The van der Waals surface area contributed by atoms with E-state index in [9.17, 15) is 4.79 Å². The Morgan fingerprint density at radius 3 is 2.67 bits per heavy atom. The summed E-state index contributed by atoms with van der Waals surface area (Å²) in [5, 5.41) is 0. The largest absolute Gasteiger partial charge is 0.469 e. The minimum atomic E-state index is -0.182. The van der Waals surface area contributed by atoms with Gasteiger partial charge in [-0.25, -0.2) is 0 Å². The molecule has 4 heteroatoms. The molecule has 0 fully saturated rings. The molecule has 0 saturated heterocycles. The van der Waals surface area contributed by atoms with Crippen LogP contribution in [0.3, 0.4) is 0 Å². The second-order valence-corrected chi connectivity index (χ2v) is 3.39. The van der Waals surface area contributed by atoms with Gasteiger partial charge >= 0.3 is 5.97 Å². The first-order valence-corrected chi connectivity index (χ1v) is 4.84. The highest BCUT2D eigenvalue weighted by Crippen LogP contribution is 2.17. The van der Waals surface area contributed by atoms with Gasteiger partial charge in [-0.2, -0.15) is 0 Å². The summed E-state index contributed by atoms with van der Waals surface area (Å²) < 4.78 is 4.55. The molecule has 0 aromatic heterocycles. The van der Waals surface area contributed by atoms with Crippen LogP contribution >= 0.6 is 0 Å². The smallest absolute Gasteiger partial charge is 0.305 e. The van der Waals surface area contributed by atoms with Crippen molar-refractivity contribution < 1.29 is 9.53 Å². The minimum absolute atomic E-state index is 0.182. The van der Waals surface area contributed by atoms with E-state index in [1.165, 1.54) is 7.11 Å². The van der Waals surface area contributed by atoms with Crippen LogP contribution in [0.2, 0.25) is 0 Å². The van der Waals surface area contributed by atoms with E-state index in [0.717, 1.165) is 18.4 Å². The van der Waals surface area contributed by atoms with Crippen molar-refractivity contribution >= 4 is 17.3 Å². The molecule has 0 unspecified atom stereocenters. The average Bonchev–Trinajstić information content (AvgIpc) is 2.23. The summed E-state index contributed by atoms with van der Waals surface area (Å²) >= 11 is 0. The van der Waals surface area contributed by atoms with E-state index >= 15 is 0 Å². The van der Waals surface area contributed by atoms with Crippen LogP contribution in [0.15, 0.2) is 18.2 Å². The standard InChI is InChI=1S/C11H16N2O2/c1-15-11(14)4-2-3-8-5-6-9(12)10(13)7-8/h5-7H,2-4,12-13H2,1H3. The number of nitrogens with two attached hydrogens (primary N) is 2. The Bertz CT molecular complexity index is 350. The van der Waals surface area contributed by atoms with Crippen LogP contribution in [-0.2, 0) is 16.0 Å². The number of nitrogen functional groups attached to an aromatic ring is 2. The highest BCUT2D eigenvalue weighted by molar-refractivity contribution is 5.69.